The zero-order chi connectivity index (χ0) is 16.2. The van der Waals surface area contributed by atoms with Crippen LogP contribution in [0.15, 0.2) is 42.5 Å². The number of ether oxygens (including phenoxy) is 1. The number of fused-ring (bicyclic) bond motifs is 3. The van der Waals surface area contributed by atoms with Gasteiger partial charge in [0.05, 0.1) is 17.8 Å². The third kappa shape index (κ3) is 2.49. The monoisotopic (exact) mass is 310 g/mol. The van der Waals surface area contributed by atoms with Gasteiger partial charge in [-0.3, -0.25) is 0 Å². The lowest BCUT2D eigenvalue weighted by molar-refractivity contribution is -0.215. The zero-order valence-corrected chi connectivity index (χ0v) is 14.2. The maximum Gasteiger partial charge on any atom is 0.0864 e. The normalized spacial score (nSPS) is 36.1. The van der Waals surface area contributed by atoms with E-state index in [0.29, 0.717) is 17.8 Å². The molecule has 0 radical (unpaired) electrons. The molecule has 2 aromatic rings. The van der Waals surface area contributed by atoms with Crippen LogP contribution in [0.1, 0.15) is 45.3 Å². The fourth-order valence-electron chi connectivity index (χ4n) is 4.61. The smallest absolute Gasteiger partial charge is 0.0864 e. The molecule has 23 heavy (non-hydrogen) atoms. The van der Waals surface area contributed by atoms with Gasteiger partial charge in [-0.05, 0) is 66.8 Å². The number of hydrogen-bond acceptors (Lipinski definition) is 2. The predicted molar refractivity (Wildman–Crippen MR) is 93.2 cm³/mol. The van der Waals surface area contributed by atoms with Gasteiger partial charge >= 0.3 is 0 Å². The topological polar surface area (TPSA) is 29.5 Å². The molecule has 1 saturated carbocycles. The Morgan fingerprint density at radius 2 is 1.78 bits per heavy atom. The third-order valence-electron chi connectivity index (χ3n) is 6.27. The number of aliphatic hydroxyl groups excluding tert-OH is 1. The second-order valence-corrected chi connectivity index (χ2v) is 8.01. The average molecular weight is 310 g/mol. The highest BCUT2D eigenvalue weighted by atomic mass is 16.5. The minimum atomic E-state index is -0.204. The van der Waals surface area contributed by atoms with Crippen molar-refractivity contribution in [3.8, 4) is 0 Å². The van der Waals surface area contributed by atoms with E-state index >= 15 is 0 Å². The molecule has 2 aromatic carbocycles. The molecular weight excluding hydrogens is 284 g/mol. The van der Waals surface area contributed by atoms with Crippen LogP contribution in [0, 0.1) is 17.8 Å². The molecule has 2 aliphatic rings. The summed E-state index contributed by atoms with van der Waals surface area (Å²) in [6.45, 7) is 6.55. The molecule has 122 valence electrons. The van der Waals surface area contributed by atoms with Gasteiger partial charge in [-0.1, -0.05) is 43.3 Å². The van der Waals surface area contributed by atoms with Crippen LogP contribution in [0.3, 0.4) is 0 Å². The van der Waals surface area contributed by atoms with Crippen LogP contribution in [0.4, 0.5) is 0 Å². The van der Waals surface area contributed by atoms with Crippen LogP contribution in [0.25, 0.3) is 10.8 Å². The van der Waals surface area contributed by atoms with Crippen molar-refractivity contribution in [2.75, 3.05) is 0 Å². The Hall–Kier alpha value is -1.38. The van der Waals surface area contributed by atoms with Crippen molar-refractivity contribution in [3.05, 3.63) is 48.0 Å². The Labute approximate surface area is 138 Å². The van der Waals surface area contributed by atoms with E-state index in [4.69, 9.17) is 4.74 Å². The lowest BCUT2D eigenvalue weighted by Crippen LogP contribution is -2.52. The Balaban J connectivity index is 1.75. The molecule has 2 heteroatoms. The molecule has 2 nitrogen and oxygen atoms in total. The number of aliphatic hydroxyl groups is 1. The van der Waals surface area contributed by atoms with Gasteiger partial charge in [-0.15, -0.1) is 0 Å². The van der Waals surface area contributed by atoms with Gasteiger partial charge in [0.1, 0.15) is 0 Å². The van der Waals surface area contributed by atoms with Gasteiger partial charge in [0.25, 0.3) is 0 Å². The Morgan fingerprint density at radius 1 is 1.04 bits per heavy atom. The number of benzene rings is 2. The largest absolute Gasteiger partial charge is 0.393 e. The van der Waals surface area contributed by atoms with Gasteiger partial charge in [0, 0.05) is 0 Å². The van der Waals surface area contributed by atoms with E-state index in [1.165, 1.54) is 16.3 Å². The van der Waals surface area contributed by atoms with Gasteiger partial charge in [0.2, 0.25) is 0 Å². The van der Waals surface area contributed by atoms with Crippen molar-refractivity contribution in [1.82, 2.24) is 0 Å². The summed E-state index contributed by atoms with van der Waals surface area (Å²) in [5.74, 6) is 1.15. The van der Waals surface area contributed by atoms with Crippen molar-refractivity contribution in [2.24, 2.45) is 17.8 Å². The van der Waals surface area contributed by atoms with E-state index in [1.807, 2.05) is 0 Å². The van der Waals surface area contributed by atoms with E-state index in [9.17, 15) is 5.11 Å². The summed E-state index contributed by atoms with van der Waals surface area (Å²) in [6, 6.07) is 15.1. The fourth-order valence-corrected chi connectivity index (χ4v) is 4.61. The minimum absolute atomic E-state index is 0.0795. The minimum Gasteiger partial charge on any atom is -0.393 e. The van der Waals surface area contributed by atoms with Gasteiger partial charge in [0.15, 0.2) is 0 Å². The molecule has 2 bridgehead atoms. The molecule has 0 aromatic heterocycles. The second-order valence-electron chi connectivity index (χ2n) is 8.01. The van der Waals surface area contributed by atoms with E-state index < -0.39 is 0 Å². The average Bonchev–Trinajstić information content (AvgIpc) is 2.54. The first-order valence-corrected chi connectivity index (χ1v) is 8.80. The lowest BCUT2D eigenvalue weighted by Gasteiger charge is -2.53. The van der Waals surface area contributed by atoms with Crippen LogP contribution in [-0.2, 0) is 4.74 Å². The van der Waals surface area contributed by atoms with E-state index in [2.05, 4.69) is 63.2 Å². The summed E-state index contributed by atoms with van der Waals surface area (Å²) in [6.07, 6.45) is 1.90. The molecule has 5 atom stereocenters. The fraction of sp³-hybridized carbons (Fsp3) is 0.524. The first-order valence-electron chi connectivity index (χ1n) is 8.80. The molecule has 1 aliphatic carbocycles. The second kappa shape index (κ2) is 5.32. The molecule has 0 spiro atoms. The van der Waals surface area contributed by atoms with Crippen molar-refractivity contribution >= 4 is 10.8 Å². The van der Waals surface area contributed by atoms with E-state index in [-0.39, 0.29) is 17.8 Å². The number of hydrogen-bond donors (Lipinski definition) is 1. The molecule has 2 fully saturated rings. The summed E-state index contributed by atoms with van der Waals surface area (Å²) in [7, 11) is 0. The molecule has 1 aliphatic heterocycles. The standard InChI is InChI=1S/C21H26O2/c1-13-18-11-17(12-19(13)22)21(2,3)23-20(18)16-9-8-14-6-4-5-7-15(14)10-16/h4-10,13,17-20,22H,11-12H2,1-3H3/t13-,17-,18+,19-,20-/m0/s1. The summed E-state index contributed by atoms with van der Waals surface area (Å²) in [5, 5.41) is 13.0. The first kappa shape index (κ1) is 15.2. The summed E-state index contributed by atoms with van der Waals surface area (Å²) >= 11 is 0. The van der Waals surface area contributed by atoms with Crippen LogP contribution in [0.5, 0.6) is 0 Å². The quantitative estimate of drug-likeness (QED) is 0.826. The van der Waals surface area contributed by atoms with Gasteiger partial charge in [-0.2, -0.15) is 0 Å². The van der Waals surface area contributed by atoms with Crippen molar-refractivity contribution in [1.29, 1.82) is 0 Å². The molecule has 1 saturated heterocycles. The summed E-state index contributed by atoms with van der Waals surface area (Å²) in [4.78, 5) is 0. The maximum absolute atomic E-state index is 10.5. The Kier molecular flexibility index (Phi) is 3.51. The predicted octanol–water partition coefficient (Wildman–Crippen LogP) is 4.71. The highest BCUT2D eigenvalue weighted by Crippen LogP contribution is 2.53. The van der Waals surface area contributed by atoms with Crippen LogP contribution >= 0.6 is 0 Å². The maximum atomic E-state index is 10.5. The summed E-state index contributed by atoms with van der Waals surface area (Å²) < 4.78 is 6.58. The lowest BCUT2D eigenvalue weighted by atomic mass is 9.63. The Morgan fingerprint density at radius 3 is 2.57 bits per heavy atom. The molecular formula is C21H26O2. The molecule has 4 rings (SSSR count). The van der Waals surface area contributed by atoms with E-state index in [0.717, 1.165) is 12.8 Å². The van der Waals surface area contributed by atoms with Gasteiger partial charge < -0.3 is 9.84 Å². The summed E-state index contributed by atoms with van der Waals surface area (Å²) in [5.41, 5.74) is 1.08. The van der Waals surface area contributed by atoms with Crippen molar-refractivity contribution < 1.29 is 9.84 Å². The molecule has 0 unspecified atom stereocenters. The van der Waals surface area contributed by atoms with Gasteiger partial charge in [-0.25, -0.2) is 0 Å². The van der Waals surface area contributed by atoms with Crippen LogP contribution in [0.2, 0.25) is 0 Å². The van der Waals surface area contributed by atoms with Crippen molar-refractivity contribution in [2.45, 2.75) is 51.4 Å². The first-order chi connectivity index (χ1) is 11.0. The molecule has 1 N–H and O–H groups in total. The Bertz CT molecular complexity index is 721. The zero-order valence-electron chi connectivity index (χ0n) is 14.2. The highest BCUT2D eigenvalue weighted by molar-refractivity contribution is 5.83. The highest BCUT2D eigenvalue weighted by Gasteiger charge is 2.50. The molecule has 1 heterocycles. The van der Waals surface area contributed by atoms with Crippen molar-refractivity contribution in [3.63, 3.8) is 0 Å². The van der Waals surface area contributed by atoms with Crippen LogP contribution in [-0.4, -0.2) is 16.8 Å². The SMILES string of the molecule is C[C@H]1[C@H]2C[C@@H](C[C@@H]1O)C(C)(C)O[C@H]2c1ccc2ccccc2c1. The van der Waals surface area contributed by atoms with E-state index in [1.54, 1.807) is 0 Å². The van der Waals surface area contributed by atoms with Crippen LogP contribution < -0.4 is 0 Å². The molecule has 0 amide bonds. The third-order valence-corrected chi connectivity index (χ3v) is 6.27. The number of rotatable bonds is 1.